The van der Waals surface area contributed by atoms with Crippen LogP contribution >= 0.6 is 0 Å². The summed E-state index contributed by atoms with van der Waals surface area (Å²) in [6.07, 6.45) is 30.4. The van der Waals surface area contributed by atoms with Gasteiger partial charge in [0.15, 0.2) is 0 Å². The molecule has 3 atom stereocenters. The molecule has 1 aromatic heterocycles. The van der Waals surface area contributed by atoms with Gasteiger partial charge in [-0.1, -0.05) is 123 Å². The number of allylic oxidation sites excluding steroid dienone is 13. The fourth-order valence-corrected chi connectivity index (χ4v) is 8.72. The summed E-state index contributed by atoms with van der Waals surface area (Å²) in [5, 5.41) is 4.71. The Morgan fingerprint density at radius 3 is 2.13 bits per heavy atom. The third kappa shape index (κ3) is 5.60. The van der Waals surface area contributed by atoms with E-state index >= 15 is 0 Å². The highest BCUT2D eigenvalue weighted by Crippen LogP contribution is 2.46. The van der Waals surface area contributed by atoms with Crippen LogP contribution in [0.5, 0.6) is 0 Å². The number of furan rings is 1. The van der Waals surface area contributed by atoms with Crippen molar-refractivity contribution in [2.45, 2.75) is 58.9 Å². The second-order valence-electron chi connectivity index (χ2n) is 14.8. The summed E-state index contributed by atoms with van der Waals surface area (Å²) >= 11 is 0. The predicted molar refractivity (Wildman–Crippen MR) is 221 cm³/mol. The third-order valence-corrected chi connectivity index (χ3v) is 11.7. The molecule has 9 rings (SSSR count). The number of para-hydroxylation sites is 1. The van der Waals surface area contributed by atoms with Crippen molar-refractivity contribution in [2.24, 2.45) is 11.8 Å². The van der Waals surface area contributed by atoms with Gasteiger partial charge in [-0.15, -0.1) is 0 Å². The molecule has 0 aliphatic heterocycles. The largest absolute Gasteiger partial charge is 0.455 e. The molecule has 4 aliphatic rings. The molecular weight excluding hydrogens is 633 g/mol. The van der Waals surface area contributed by atoms with Gasteiger partial charge in [0.2, 0.25) is 0 Å². The summed E-state index contributed by atoms with van der Waals surface area (Å²) in [6, 6.07) is 28.9. The molecule has 0 fully saturated rings. The maximum atomic E-state index is 6.91. The average Bonchev–Trinajstić information content (AvgIpc) is 3.58. The number of rotatable bonds is 7. The van der Waals surface area contributed by atoms with E-state index in [1.165, 1.54) is 61.3 Å². The van der Waals surface area contributed by atoms with E-state index in [-0.39, 0.29) is 6.04 Å². The molecule has 52 heavy (non-hydrogen) atoms. The molecular formula is C49H46N2O. The highest BCUT2D eigenvalue weighted by atomic mass is 16.3. The van der Waals surface area contributed by atoms with Gasteiger partial charge in [-0.3, -0.25) is 0 Å². The molecule has 0 radical (unpaired) electrons. The van der Waals surface area contributed by atoms with Crippen LogP contribution in [0, 0.1) is 11.8 Å². The summed E-state index contributed by atoms with van der Waals surface area (Å²) in [5.74, 6) is 0.983. The molecule has 4 aromatic carbocycles. The number of anilines is 2. The smallest absolute Gasteiger partial charge is 0.143 e. The van der Waals surface area contributed by atoms with Crippen LogP contribution in [0.15, 0.2) is 173 Å². The van der Waals surface area contributed by atoms with Crippen LogP contribution in [-0.4, -0.2) is 6.04 Å². The van der Waals surface area contributed by atoms with Crippen LogP contribution in [0.1, 0.15) is 58.4 Å². The second kappa shape index (κ2) is 13.5. The van der Waals surface area contributed by atoms with E-state index < -0.39 is 0 Å². The van der Waals surface area contributed by atoms with Gasteiger partial charge in [0.25, 0.3) is 0 Å². The normalized spacial score (nSPS) is 21.5. The van der Waals surface area contributed by atoms with E-state index in [2.05, 4.69) is 176 Å². The number of hydrogen-bond donors (Lipinski definition) is 0. The van der Waals surface area contributed by atoms with E-state index in [0.29, 0.717) is 11.8 Å². The molecule has 5 aromatic rings. The monoisotopic (exact) mass is 678 g/mol. The Hall–Kier alpha value is -5.54. The quantitative estimate of drug-likeness (QED) is 0.171. The highest BCUT2D eigenvalue weighted by Gasteiger charge is 2.31. The lowest BCUT2D eigenvalue weighted by atomic mass is 9.83. The number of hydrogen-bond acceptors (Lipinski definition) is 3. The van der Waals surface area contributed by atoms with Crippen LogP contribution in [0.3, 0.4) is 0 Å². The molecule has 3 heteroatoms. The van der Waals surface area contributed by atoms with E-state index in [0.717, 1.165) is 48.7 Å². The first-order valence-electron chi connectivity index (χ1n) is 19.1. The van der Waals surface area contributed by atoms with Crippen molar-refractivity contribution in [2.75, 3.05) is 9.80 Å². The lowest BCUT2D eigenvalue weighted by Crippen LogP contribution is -2.37. The fraction of sp³-hybridized carbons (Fsp3) is 0.224. The Bertz CT molecular complexity index is 2410. The van der Waals surface area contributed by atoms with Crippen molar-refractivity contribution >= 4 is 49.7 Å². The van der Waals surface area contributed by atoms with Gasteiger partial charge in [0.05, 0.1) is 11.7 Å². The maximum Gasteiger partial charge on any atom is 0.143 e. The van der Waals surface area contributed by atoms with Crippen molar-refractivity contribution in [1.29, 1.82) is 0 Å². The Balaban J connectivity index is 1.27. The van der Waals surface area contributed by atoms with Gasteiger partial charge in [-0.25, -0.2) is 0 Å². The topological polar surface area (TPSA) is 19.6 Å². The molecule has 0 saturated heterocycles. The molecule has 0 spiro atoms. The van der Waals surface area contributed by atoms with Gasteiger partial charge in [0.1, 0.15) is 11.2 Å². The lowest BCUT2D eigenvalue weighted by Gasteiger charge is -2.39. The number of fused-ring (bicyclic) bond motifs is 5. The van der Waals surface area contributed by atoms with Crippen LogP contribution in [0.2, 0.25) is 0 Å². The van der Waals surface area contributed by atoms with Crippen LogP contribution < -0.4 is 9.80 Å². The van der Waals surface area contributed by atoms with Crippen LogP contribution in [0.25, 0.3) is 38.3 Å². The predicted octanol–water partition coefficient (Wildman–Crippen LogP) is 13.3. The molecule has 258 valence electrons. The number of nitrogens with zero attached hydrogens (tertiary/aromatic N) is 2. The van der Waals surface area contributed by atoms with E-state index in [4.69, 9.17) is 4.42 Å². The first-order chi connectivity index (χ1) is 25.6. The molecule has 0 saturated carbocycles. The molecule has 4 aliphatic carbocycles. The first-order valence-corrected chi connectivity index (χ1v) is 19.1. The molecule has 0 bridgehead atoms. The average molecular weight is 679 g/mol. The minimum absolute atomic E-state index is 0.105. The third-order valence-electron chi connectivity index (χ3n) is 11.7. The number of benzene rings is 4. The SMILES string of the molecule is CC1=CC(N(c2ccccc2)C2CC=CC=C2c2cccc3oc4c5ccccc5c(N(C5=CC=CCC5)C5=CC=CCC5)cc4c23)=CC(C)C1C. The van der Waals surface area contributed by atoms with Crippen molar-refractivity contribution < 1.29 is 4.42 Å². The van der Waals surface area contributed by atoms with E-state index in [1.54, 1.807) is 0 Å². The minimum Gasteiger partial charge on any atom is -0.455 e. The Labute approximate surface area is 307 Å². The second-order valence-corrected chi connectivity index (χ2v) is 14.8. The zero-order valence-electron chi connectivity index (χ0n) is 30.4. The van der Waals surface area contributed by atoms with Crippen molar-refractivity contribution in [3.63, 3.8) is 0 Å². The Morgan fingerprint density at radius 2 is 1.42 bits per heavy atom. The summed E-state index contributed by atoms with van der Waals surface area (Å²) in [4.78, 5) is 5.13. The van der Waals surface area contributed by atoms with Crippen molar-refractivity contribution in [3.8, 4) is 0 Å². The summed E-state index contributed by atoms with van der Waals surface area (Å²) in [6.45, 7) is 6.99. The van der Waals surface area contributed by atoms with Crippen LogP contribution in [-0.2, 0) is 0 Å². The highest BCUT2D eigenvalue weighted by molar-refractivity contribution is 6.21. The van der Waals surface area contributed by atoms with Crippen LogP contribution in [0.4, 0.5) is 11.4 Å². The van der Waals surface area contributed by atoms with Crippen molar-refractivity contribution in [1.82, 2.24) is 0 Å². The lowest BCUT2D eigenvalue weighted by molar-refractivity contribution is 0.515. The van der Waals surface area contributed by atoms with Gasteiger partial charge >= 0.3 is 0 Å². The first kappa shape index (κ1) is 32.4. The van der Waals surface area contributed by atoms with Crippen molar-refractivity contribution in [3.05, 3.63) is 174 Å². The fourth-order valence-electron chi connectivity index (χ4n) is 8.72. The molecule has 1 heterocycles. The van der Waals surface area contributed by atoms with Gasteiger partial charge in [-0.05, 0) is 104 Å². The molecule has 0 N–H and O–H groups in total. The zero-order valence-corrected chi connectivity index (χ0v) is 30.4. The zero-order chi connectivity index (χ0) is 35.2. The Morgan fingerprint density at radius 1 is 0.712 bits per heavy atom. The van der Waals surface area contributed by atoms with E-state index in [9.17, 15) is 0 Å². The minimum atomic E-state index is 0.105. The van der Waals surface area contributed by atoms with E-state index in [1.807, 2.05) is 0 Å². The van der Waals surface area contributed by atoms with Gasteiger partial charge < -0.3 is 14.2 Å². The summed E-state index contributed by atoms with van der Waals surface area (Å²) in [5.41, 5.74) is 12.2. The molecule has 3 unspecified atom stereocenters. The van der Waals surface area contributed by atoms with Gasteiger partial charge in [-0.2, -0.15) is 0 Å². The van der Waals surface area contributed by atoms with Gasteiger partial charge in [0, 0.05) is 44.3 Å². The maximum absolute atomic E-state index is 6.91. The summed E-state index contributed by atoms with van der Waals surface area (Å²) in [7, 11) is 0. The standard InChI is InChI=1S/C49H46N2O/c1-33-30-39(31-34(2)35(33)3)51(38-22-11-6-12-23-38)45-28-16-15-24-40(45)42-27-17-29-47-48(42)44-32-46(41-25-13-14-26-43(41)49(44)52-47)50(36-18-7-4-8-19-36)37-20-9-5-10-21-37/h4-7,9,11-18,20,22-27,29-33,35,45H,8,10,19,21,28H2,1-3H3. The molecule has 0 amide bonds. The summed E-state index contributed by atoms with van der Waals surface area (Å²) < 4.78 is 6.91. The molecule has 3 nitrogen and oxygen atoms in total. The Kier molecular flexibility index (Phi) is 8.43.